The van der Waals surface area contributed by atoms with Gasteiger partial charge in [-0.25, -0.2) is 0 Å². The normalized spacial score (nSPS) is 9.57. The van der Waals surface area contributed by atoms with Crippen molar-refractivity contribution < 1.29 is 9.53 Å². The summed E-state index contributed by atoms with van der Waals surface area (Å²) in [5, 5.41) is 0. The molecule has 0 unspecified atom stereocenters. The number of halogens is 1. The van der Waals surface area contributed by atoms with Crippen molar-refractivity contribution in [3.8, 4) is 5.75 Å². The van der Waals surface area contributed by atoms with Gasteiger partial charge in [0.2, 0.25) is 0 Å². The van der Waals surface area contributed by atoms with E-state index < -0.39 is 0 Å². The highest BCUT2D eigenvalue weighted by atomic mass is 79.9. The van der Waals surface area contributed by atoms with Crippen LogP contribution in [0.5, 0.6) is 5.75 Å². The Kier molecular flexibility index (Phi) is 3.89. The molecule has 0 aliphatic rings. The molecule has 1 aromatic rings. The van der Waals surface area contributed by atoms with Gasteiger partial charge in [0.05, 0.1) is 5.56 Å². The Morgan fingerprint density at radius 1 is 1.64 bits per heavy atom. The molecule has 1 rings (SSSR count). The van der Waals surface area contributed by atoms with E-state index in [9.17, 15) is 4.79 Å². The molecule has 74 valence electrons. The number of hydrogen-bond donors (Lipinski definition) is 0. The second kappa shape index (κ2) is 4.96. The molecule has 0 amide bonds. The average Bonchev–Trinajstić information content (AvgIpc) is 2.15. The summed E-state index contributed by atoms with van der Waals surface area (Å²) in [6, 6.07) is 5.36. The van der Waals surface area contributed by atoms with Crippen molar-refractivity contribution in [3.63, 3.8) is 0 Å². The van der Waals surface area contributed by atoms with Crippen molar-refractivity contribution in [1.29, 1.82) is 0 Å². The number of hydrogen-bond acceptors (Lipinski definition) is 2. The van der Waals surface area contributed by atoms with Crippen LogP contribution in [0.15, 0.2) is 35.3 Å². The predicted molar refractivity (Wildman–Crippen MR) is 59.8 cm³/mol. The molecule has 0 saturated carbocycles. The molecular formula is C11H11BrO2. The fraction of sp³-hybridized carbons (Fsp3) is 0.182. The number of rotatable bonds is 4. The van der Waals surface area contributed by atoms with E-state index in [0.717, 1.165) is 4.47 Å². The second-order valence-electron chi connectivity index (χ2n) is 2.80. The lowest BCUT2D eigenvalue weighted by Gasteiger charge is -2.07. The number of carbonyl (C=O) groups excluding carboxylic acids is 1. The van der Waals surface area contributed by atoms with Gasteiger partial charge in [-0.05, 0) is 25.1 Å². The van der Waals surface area contributed by atoms with Crippen LogP contribution in [0.3, 0.4) is 0 Å². The molecule has 0 heterocycles. The zero-order valence-electron chi connectivity index (χ0n) is 7.92. The van der Waals surface area contributed by atoms with Gasteiger partial charge in [-0.2, -0.15) is 0 Å². The first-order valence-electron chi connectivity index (χ1n) is 4.19. The zero-order chi connectivity index (χ0) is 10.6. The lowest BCUT2D eigenvalue weighted by atomic mass is 10.1. The molecular weight excluding hydrogens is 244 g/mol. The van der Waals surface area contributed by atoms with Crippen molar-refractivity contribution in [3.05, 3.63) is 40.9 Å². The Hall–Kier alpha value is -1.09. The third kappa shape index (κ3) is 2.70. The summed E-state index contributed by atoms with van der Waals surface area (Å²) in [7, 11) is 0. The molecule has 14 heavy (non-hydrogen) atoms. The predicted octanol–water partition coefficient (Wildman–Crippen LogP) is 3.22. The number of ether oxygens (including phenoxy) is 1. The van der Waals surface area contributed by atoms with E-state index in [1.165, 1.54) is 6.92 Å². The van der Waals surface area contributed by atoms with Crippen LogP contribution >= 0.6 is 15.9 Å². The highest BCUT2D eigenvalue weighted by Crippen LogP contribution is 2.23. The maximum Gasteiger partial charge on any atom is 0.163 e. The molecule has 0 N–H and O–H groups in total. The fourth-order valence-electron chi connectivity index (χ4n) is 1.05. The molecule has 0 aliphatic heterocycles. The van der Waals surface area contributed by atoms with Crippen molar-refractivity contribution in [2.75, 3.05) is 6.61 Å². The van der Waals surface area contributed by atoms with Gasteiger partial charge < -0.3 is 4.74 Å². The molecule has 0 atom stereocenters. The standard InChI is InChI=1S/C11H11BrO2/c1-3-6-14-11-5-4-9(12)7-10(11)8(2)13/h3-5,7H,1,6H2,2H3. The van der Waals surface area contributed by atoms with E-state index >= 15 is 0 Å². The molecule has 0 saturated heterocycles. The van der Waals surface area contributed by atoms with Crippen LogP contribution in [0.25, 0.3) is 0 Å². The summed E-state index contributed by atoms with van der Waals surface area (Å²) in [5.41, 5.74) is 0.584. The quantitative estimate of drug-likeness (QED) is 0.610. The lowest BCUT2D eigenvalue weighted by Crippen LogP contribution is -2.00. The highest BCUT2D eigenvalue weighted by Gasteiger charge is 2.08. The largest absolute Gasteiger partial charge is 0.489 e. The van der Waals surface area contributed by atoms with Crippen LogP contribution in [-0.4, -0.2) is 12.4 Å². The minimum Gasteiger partial charge on any atom is -0.489 e. The van der Waals surface area contributed by atoms with Gasteiger partial charge in [0, 0.05) is 4.47 Å². The van der Waals surface area contributed by atoms with Crippen molar-refractivity contribution in [2.24, 2.45) is 0 Å². The van der Waals surface area contributed by atoms with E-state index in [0.29, 0.717) is 17.9 Å². The van der Waals surface area contributed by atoms with Crippen LogP contribution in [0.1, 0.15) is 17.3 Å². The first-order chi connectivity index (χ1) is 6.65. The topological polar surface area (TPSA) is 26.3 Å². The monoisotopic (exact) mass is 254 g/mol. The third-order valence-corrected chi connectivity index (χ3v) is 2.17. The molecule has 0 bridgehead atoms. The van der Waals surface area contributed by atoms with Gasteiger partial charge in [-0.15, -0.1) is 0 Å². The molecule has 3 heteroatoms. The smallest absolute Gasteiger partial charge is 0.163 e. The first-order valence-corrected chi connectivity index (χ1v) is 4.98. The molecule has 0 aromatic heterocycles. The summed E-state index contributed by atoms with van der Waals surface area (Å²) in [6.45, 7) is 5.47. The van der Waals surface area contributed by atoms with Crippen molar-refractivity contribution in [1.82, 2.24) is 0 Å². The number of Topliss-reactive ketones (excluding diaryl/α,β-unsaturated/α-hetero) is 1. The maximum absolute atomic E-state index is 11.3. The van der Waals surface area contributed by atoms with Gasteiger partial charge in [0.25, 0.3) is 0 Å². The van der Waals surface area contributed by atoms with Gasteiger partial charge in [-0.3, -0.25) is 4.79 Å². The van der Waals surface area contributed by atoms with Crippen LogP contribution in [-0.2, 0) is 0 Å². The van der Waals surface area contributed by atoms with Crippen LogP contribution in [0.4, 0.5) is 0 Å². The van der Waals surface area contributed by atoms with Crippen LogP contribution in [0.2, 0.25) is 0 Å². The molecule has 2 nitrogen and oxygen atoms in total. The fourth-order valence-corrected chi connectivity index (χ4v) is 1.41. The Balaban J connectivity index is 3.01. The number of carbonyl (C=O) groups is 1. The van der Waals surface area contributed by atoms with E-state index in [1.807, 2.05) is 6.07 Å². The van der Waals surface area contributed by atoms with E-state index in [4.69, 9.17) is 4.74 Å². The minimum absolute atomic E-state index is 0.00892. The lowest BCUT2D eigenvalue weighted by molar-refractivity contribution is 0.101. The Labute approximate surface area is 91.7 Å². The summed E-state index contributed by atoms with van der Waals surface area (Å²) in [5.74, 6) is 0.589. The zero-order valence-corrected chi connectivity index (χ0v) is 9.50. The summed E-state index contributed by atoms with van der Waals surface area (Å²) in [6.07, 6.45) is 1.64. The van der Waals surface area contributed by atoms with Gasteiger partial charge in [0.15, 0.2) is 5.78 Å². The molecule has 1 aromatic carbocycles. The number of benzene rings is 1. The van der Waals surface area contributed by atoms with E-state index in [-0.39, 0.29) is 5.78 Å². The Bertz CT molecular complexity index is 358. The molecule has 0 fully saturated rings. The highest BCUT2D eigenvalue weighted by molar-refractivity contribution is 9.10. The van der Waals surface area contributed by atoms with Crippen LogP contribution < -0.4 is 4.74 Å². The SMILES string of the molecule is C=CCOc1ccc(Br)cc1C(C)=O. The first kappa shape index (κ1) is 11.0. The van der Waals surface area contributed by atoms with Gasteiger partial charge >= 0.3 is 0 Å². The summed E-state index contributed by atoms with van der Waals surface area (Å²) in [4.78, 5) is 11.3. The summed E-state index contributed by atoms with van der Waals surface area (Å²) >= 11 is 3.30. The van der Waals surface area contributed by atoms with E-state index in [1.54, 1.807) is 18.2 Å². The van der Waals surface area contributed by atoms with E-state index in [2.05, 4.69) is 22.5 Å². The third-order valence-electron chi connectivity index (χ3n) is 1.68. The maximum atomic E-state index is 11.3. The Morgan fingerprint density at radius 3 is 2.93 bits per heavy atom. The molecule has 0 radical (unpaired) electrons. The summed E-state index contributed by atoms with van der Waals surface area (Å²) < 4.78 is 6.21. The minimum atomic E-state index is -0.00892. The molecule has 0 spiro atoms. The molecule has 0 aliphatic carbocycles. The Morgan fingerprint density at radius 2 is 2.36 bits per heavy atom. The van der Waals surface area contributed by atoms with Gasteiger partial charge in [0.1, 0.15) is 12.4 Å². The van der Waals surface area contributed by atoms with Gasteiger partial charge in [-0.1, -0.05) is 28.6 Å². The van der Waals surface area contributed by atoms with Crippen molar-refractivity contribution >= 4 is 21.7 Å². The van der Waals surface area contributed by atoms with Crippen LogP contribution in [0, 0.1) is 0 Å². The average molecular weight is 255 g/mol. The van der Waals surface area contributed by atoms with Crippen molar-refractivity contribution in [2.45, 2.75) is 6.92 Å². The number of ketones is 1. The second-order valence-corrected chi connectivity index (χ2v) is 3.71.